The van der Waals surface area contributed by atoms with Crippen molar-refractivity contribution in [2.75, 3.05) is 5.75 Å². The lowest BCUT2D eigenvalue weighted by Gasteiger charge is -2.18. The van der Waals surface area contributed by atoms with Crippen LogP contribution in [0.2, 0.25) is 0 Å². The quantitative estimate of drug-likeness (QED) is 0.374. The molecule has 1 heterocycles. The summed E-state index contributed by atoms with van der Waals surface area (Å²) in [5.74, 6) is 0.122. The zero-order valence-corrected chi connectivity index (χ0v) is 15.2. The van der Waals surface area contributed by atoms with Crippen molar-refractivity contribution in [2.45, 2.75) is 31.2 Å². The number of ketones is 1. The molecular weight excluding hydrogens is 335 g/mol. The van der Waals surface area contributed by atoms with Gasteiger partial charge in [-0.15, -0.1) is 0 Å². The minimum Gasteiger partial charge on any atom is -0.293 e. The normalized spacial score (nSPS) is 11.7. The molecule has 3 aromatic rings. The molecule has 0 atom stereocenters. The summed E-state index contributed by atoms with van der Waals surface area (Å²) in [5, 5.41) is 1.65. The van der Waals surface area contributed by atoms with E-state index in [0.29, 0.717) is 0 Å². The molecule has 1 aromatic heterocycles. The van der Waals surface area contributed by atoms with Crippen LogP contribution in [0.15, 0.2) is 53.6 Å². The number of halogens is 1. The molecule has 25 heavy (non-hydrogen) atoms. The summed E-state index contributed by atoms with van der Waals surface area (Å²) in [6.45, 7) is 6.15. The third-order valence-corrected chi connectivity index (χ3v) is 4.74. The Morgan fingerprint density at radius 3 is 2.44 bits per heavy atom. The van der Waals surface area contributed by atoms with Gasteiger partial charge in [0.1, 0.15) is 16.7 Å². The first kappa shape index (κ1) is 17.5. The average molecular weight is 354 g/mol. The predicted molar refractivity (Wildman–Crippen MR) is 99.7 cm³/mol. The number of para-hydroxylation sites is 1. The summed E-state index contributed by atoms with van der Waals surface area (Å²) < 4.78 is 13.8. The third-order valence-electron chi connectivity index (χ3n) is 3.75. The van der Waals surface area contributed by atoms with E-state index < -0.39 is 5.82 Å². The van der Waals surface area contributed by atoms with Crippen LogP contribution in [-0.2, 0) is 5.41 Å². The van der Waals surface area contributed by atoms with Crippen molar-refractivity contribution in [3.05, 3.63) is 65.7 Å². The molecular formula is C20H19FN2OS. The van der Waals surface area contributed by atoms with Gasteiger partial charge in [-0.25, -0.2) is 14.4 Å². The van der Waals surface area contributed by atoms with Gasteiger partial charge in [0.2, 0.25) is 0 Å². The van der Waals surface area contributed by atoms with Crippen LogP contribution in [0.3, 0.4) is 0 Å². The van der Waals surface area contributed by atoms with Crippen LogP contribution in [0.4, 0.5) is 4.39 Å². The number of carbonyl (C=O) groups excluding carboxylic acids is 1. The zero-order valence-electron chi connectivity index (χ0n) is 14.4. The van der Waals surface area contributed by atoms with E-state index >= 15 is 0 Å². The van der Waals surface area contributed by atoms with Gasteiger partial charge in [-0.05, 0) is 18.2 Å². The molecule has 0 radical (unpaired) electrons. The van der Waals surface area contributed by atoms with Crippen LogP contribution < -0.4 is 0 Å². The van der Waals surface area contributed by atoms with E-state index in [9.17, 15) is 9.18 Å². The molecule has 3 nitrogen and oxygen atoms in total. The first-order chi connectivity index (χ1) is 11.9. The molecule has 0 aliphatic heterocycles. The molecule has 3 rings (SSSR count). The van der Waals surface area contributed by atoms with Crippen molar-refractivity contribution in [3.8, 4) is 0 Å². The van der Waals surface area contributed by atoms with Crippen molar-refractivity contribution in [2.24, 2.45) is 0 Å². The molecule has 0 aliphatic carbocycles. The maximum absolute atomic E-state index is 13.8. The number of aromatic nitrogens is 2. The van der Waals surface area contributed by atoms with Gasteiger partial charge in [0, 0.05) is 10.8 Å². The van der Waals surface area contributed by atoms with E-state index in [1.807, 2.05) is 24.3 Å². The predicted octanol–water partition coefficient (Wildman–Crippen LogP) is 5.04. The second-order valence-corrected chi connectivity index (χ2v) is 7.78. The van der Waals surface area contributed by atoms with Crippen molar-refractivity contribution >= 4 is 28.4 Å². The van der Waals surface area contributed by atoms with Crippen LogP contribution >= 0.6 is 11.8 Å². The molecule has 128 valence electrons. The van der Waals surface area contributed by atoms with Gasteiger partial charge < -0.3 is 0 Å². The molecule has 5 heteroatoms. The number of rotatable bonds is 4. The number of Topliss-reactive ketones (excluding diaryl/α,β-unsaturated/α-hetero) is 1. The molecule has 0 saturated carbocycles. The van der Waals surface area contributed by atoms with Gasteiger partial charge in [0.25, 0.3) is 0 Å². The van der Waals surface area contributed by atoms with E-state index in [1.54, 1.807) is 12.1 Å². The highest BCUT2D eigenvalue weighted by Crippen LogP contribution is 2.29. The highest BCUT2D eigenvalue weighted by molar-refractivity contribution is 8.00. The first-order valence-corrected chi connectivity index (χ1v) is 9.02. The number of fused-ring (bicyclic) bond motifs is 1. The van der Waals surface area contributed by atoms with E-state index in [1.165, 1.54) is 23.9 Å². The average Bonchev–Trinajstić information content (AvgIpc) is 2.58. The maximum Gasteiger partial charge on any atom is 0.176 e. The third kappa shape index (κ3) is 3.87. The van der Waals surface area contributed by atoms with Gasteiger partial charge in [-0.2, -0.15) is 0 Å². The molecule has 0 aliphatic rings. The van der Waals surface area contributed by atoms with Crippen LogP contribution in [0, 0.1) is 5.82 Å². The molecule has 2 aromatic carbocycles. The molecule has 0 fully saturated rings. The van der Waals surface area contributed by atoms with Gasteiger partial charge in [0.15, 0.2) is 5.78 Å². The van der Waals surface area contributed by atoms with Crippen molar-refractivity contribution < 1.29 is 9.18 Å². The van der Waals surface area contributed by atoms with E-state index in [0.717, 1.165) is 21.8 Å². The Balaban J connectivity index is 1.93. The van der Waals surface area contributed by atoms with Gasteiger partial charge in [0.05, 0.1) is 16.8 Å². The Kier molecular flexibility index (Phi) is 4.86. The molecule has 0 saturated heterocycles. The monoisotopic (exact) mass is 354 g/mol. The highest BCUT2D eigenvalue weighted by atomic mass is 32.2. The Morgan fingerprint density at radius 1 is 1.04 bits per heavy atom. The first-order valence-electron chi connectivity index (χ1n) is 8.04. The fraction of sp³-hybridized carbons (Fsp3) is 0.250. The summed E-state index contributed by atoms with van der Waals surface area (Å²) in [7, 11) is 0. The second-order valence-electron chi connectivity index (χ2n) is 6.81. The largest absolute Gasteiger partial charge is 0.293 e. The molecule has 0 bridgehead atoms. The Morgan fingerprint density at radius 2 is 1.72 bits per heavy atom. The standard InChI is InChI=1S/C20H19FN2OS/c1-20(2,3)19-22-16-11-7-5-9-14(16)18(23-19)25-12-17(24)13-8-4-6-10-15(13)21/h4-11H,12H2,1-3H3. The summed E-state index contributed by atoms with van der Waals surface area (Å²) in [6.07, 6.45) is 0. The lowest BCUT2D eigenvalue weighted by atomic mass is 9.95. The Bertz CT molecular complexity index is 934. The van der Waals surface area contributed by atoms with Crippen LogP contribution in [0.25, 0.3) is 10.9 Å². The molecule has 0 unspecified atom stereocenters. The number of hydrogen-bond acceptors (Lipinski definition) is 4. The molecule has 0 spiro atoms. The maximum atomic E-state index is 13.8. The summed E-state index contributed by atoms with van der Waals surface area (Å²) in [4.78, 5) is 21.7. The molecule has 0 amide bonds. The second kappa shape index (κ2) is 6.92. The number of benzene rings is 2. The van der Waals surface area contributed by atoms with Gasteiger partial charge in [-0.3, -0.25) is 4.79 Å². The van der Waals surface area contributed by atoms with Crippen LogP contribution in [-0.4, -0.2) is 21.5 Å². The van der Waals surface area contributed by atoms with E-state index in [2.05, 4.69) is 30.7 Å². The number of nitrogens with zero attached hydrogens (tertiary/aromatic N) is 2. The number of hydrogen-bond donors (Lipinski definition) is 0. The van der Waals surface area contributed by atoms with Crippen LogP contribution in [0.1, 0.15) is 37.0 Å². The smallest absolute Gasteiger partial charge is 0.176 e. The topological polar surface area (TPSA) is 42.9 Å². The minimum atomic E-state index is -0.490. The fourth-order valence-electron chi connectivity index (χ4n) is 2.39. The lowest BCUT2D eigenvalue weighted by molar-refractivity contribution is 0.101. The van der Waals surface area contributed by atoms with Crippen molar-refractivity contribution in [1.82, 2.24) is 9.97 Å². The molecule has 0 N–H and O–H groups in total. The van der Waals surface area contributed by atoms with Gasteiger partial charge >= 0.3 is 0 Å². The van der Waals surface area contributed by atoms with E-state index in [4.69, 9.17) is 0 Å². The minimum absolute atomic E-state index is 0.115. The van der Waals surface area contributed by atoms with Crippen molar-refractivity contribution in [1.29, 1.82) is 0 Å². The highest BCUT2D eigenvalue weighted by Gasteiger charge is 2.20. The van der Waals surface area contributed by atoms with Crippen molar-refractivity contribution in [3.63, 3.8) is 0 Å². The Hall–Kier alpha value is -2.27. The van der Waals surface area contributed by atoms with Crippen LogP contribution in [0.5, 0.6) is 0 Å². The Labute approximate surface area is 150 Å². The summed E-state index contributed by atoms with van der Waals surface area (Å²) in [5.41, 5.74) is 0.766. The van der Waals surface area contributed by atoms with E-state index in [-0.39, 0.29) is 22.5 Å². The number of carbonyl (C=O) groups is 1. The summed E-state index contributed by atoms with van der Waals surface area (Å²) in [6, 6.07) is 13.8. The zero-order chi connectivity index (χ0) is 18.0. The SMILES string of the molecule is CC(C)(C)c1nc(SCC(=O)c2ccccc2F)c2ccccc2n1. The summed E-state index contributed by atoms with van der Waals surface area (Å²) >= 11 is 1.32. The van der Waals surface area contributed by atoms with Gasteiger partial charge in [-0.1, -0.05) is 62.9 Å². The number of thioether (sulfide) groups is 1. The fourth-order valence-corrected chi connectivity index (χ4v) is 3.29. The lowest BCUT2D eigenvalue weighted by Crippen LogP contribution is -2.16.